The Balaban J connectivity index is 1.52. The van der Waals surface area contributed by atoms with Crippen LogP contribution in [0.5, 0.6) is 0 Å². The average Bonchev–Trinajstić information content (AvgIpc) is 2.61. The summed E-state index contributed by atoms with van der Waals surface area (Å²) >= 11 is 0. The van der Waals surface area contributed by atoms with Crippen LogP contribution in [0.2, 0.25) is 0 Å². The van der Waals surface area contributed by atoms with E-state index in [0.717, 1.165) is 17.8 Å². The van der Waals surface area contributed by atoms with Crippen molar-refractivity contribution in [1.82, 2.24) is 10.2 Å². The highest BCUT2D eigenvalue weighted by molar-refractivity contribution is 6.05. The molecule has 0 radical (unpaired) electrons. The summed E-state index contributed by atoms with van der Waals surface area (Å²) in [5.41, 5.74) is 0.166. The van der Waals surface area contributed by atoms with Crippen molar-refractivity contribution in [2.24, 2.45) is 17.8 Å². The van der Waals surface area contributed by atoms with E-state index in [1.54, 1.807) is 0 Å². The lowest BCUT2D eigenvalue weighted by atomic mass is 9.53. The fraction of sp³-hybridized carbons (Fsp3) is 0.875. The Morgan fingerprint density at radius 1 is 1.10 bits per heavy atom. The lowest BCUT2D eigenvalue weighted by Gasteiger charge is -2.57. The fourth-order valence-electron chi connectivity index (χ4n) is 5.79. The molecule has 1 aliphatic heterocycles. The number of hydrogen-bond acceptors (Lipinski definition) is 3. The maximum atomic E-state index is 12.3. The average molecular weight is 276 g/mol. The molecule has 4 nitrogen and oxygen atoms in total. The third-order valence-electron chi connectivity index (χ3n) is 6.08. The molecule has 4 bridgehead atoms. The molecule has 0 aromatic rings. The molecule has 2 amide bonds. The molecule has 1 N–H and O–H groups in total. The number of nitrogens with one attached hydrogen (secondary N) is 1. The predicted molar refractivity (Wildman–Crippen MR) is 74.8 cm³/mol. The van der Waals surface area contributed by atoms with Crippen LogP contribution in [-0.4, -0.2) is 34.8 Å². The Bertz CT molecular complexity index is 424. The van der Waals surface area contributed by atoms with Crippen LogP contribution in [0.3, 0.4) is 0 Å². The van der Waals surface area contributed by atoms with Crippen LogP contribution in [0.15, 0.2) is 0 Å². The van der Waals surface area contributed by atoms with E-state index in [2.05, 4.69) is 5.32 Å². The van der Waals surface area contributed by atoms with Crippen molar-refractivity contribution >= 4 is 11.8 Å². The summed E-state index contributed by atoms with van der Waals surface area (Å²) in [5, 5.41) is 3.66. The minimum absolute atomic E-state index is 0.000252. The Hall–Kier alpha value is -0.900. The van der Waals surface area contributed by atoms with Crippen LogP contribution >= 0.6 is 0 Å². The Morgan fingerprint density at radius 3 is 2.10 bits per heavy atom. The molecule has 5 fully saturated rings. The van der Waals surface area contributed by atoms with Crippen molar-refractivity contribution in [2.45, 2.75) is 63.5 Å². The van der Waals surface area contributed by atoms with Gasteiger partial charge in [-0.15, -0.1) is 0 Å². The van der Waals surface area contributed by atoms with Gasteiger partial charge in [-0.3, -0.25) is 19.8 Å². The number of hydrogen-bond donors (Lipinski definition) is 1. The van der Waals surface area contributed by atoms with Crippen LogP contribution in [-0.2, 0) is 9.59 Å². The molecule has 4 aliphatic carbocycles. The molecule has 20 heavy (non-hydrogen) atoms. The second-order valence-electron chi connectivity index (χ2n) is 7.58. The number of carbonyl (C=O) groups excluding carboxylic acids is 2. The number of carbonyl (C=O) groups is 2. The smallest absolute Gasteiger partial charge is 0.246 e. The first-order chi connectivity index (χ1) is 9.58. The molecule has 1 atom stereocenters. The highest BCUT2D eigenvalue weighted by Gasteiger charge is 2.53. The summed E-state index contributed by atoms with van der Waals surface area (Å²) in [6, 6.07) is -0.251. The largest absolute Gasteiger partial charge is 0.300 e. The van der Waals surface area contributed by atoms with Gasteiger partial charge in [-0.2, -0.15) is 0 Å². The van der Waals surface area contributed by atoms with Crippen molar-refractivity contribution in [1.29, 1.82) is 0 Å². The number of rotatable bonds is 3. The van der Waals surface area contributed by atoms with E-state index in [1.807, 2.05) is 6.92 Å². The lowest BCUT2D eigenvalue weighted by Crippen LogP contribution is -2.61. The van der Waals surface area contributed by atoms with Crippen LogP contribution in [0.4, 0.5) is 0 Å². The molecule has 1 heterocycles. The second kappa shape index (κ2) is 4.30. The first kappa shape index (κ1) is 12.8. The molecular formula is C16H24N2O2. The van der Waals surface area contributed by atoms with Gasteiger partial charge in [0, 0.05) is 12.1 Å². The van der Waals surface area contributed by atoms with E-state index < -0.39 is 0 Å². The van der Waals surface area contributed by atoms with Crippen molar-refractivity contribution in [3.05, 3.63) is 0 Å². The van der Waals surface area contributed by atoms with Crippen molar-refractivity contribution in [2.75, 3.05) is 6.54 Å². The molecule has 110 valence electrons. The van der Waals surface area contributed by atoms with E-state index in [4.69, 9.17) is 0 Å². The van der Waals surface area contributed by atoms with Gasteiger partial charge in [-0.05, 0) is 63.2 Å². The minimum atomic E-state index is -0.251. The van der Waals surface area contributed by atoms with Crippen molar-refractivity contribution < 1.29 is 9.59 Å². The number of nitrogens with zero attached hydrogens (tertiary/aromatic N) is 1. The molecule has 4 saturated carbocycles. The normalized spacial score (nSPS) is 46.5. The predicted octanol–water partition coefficient (Wildman–Crippen LogP) is 1.69. The van der Waals surface area contributed by atoms with Gasteiger partial charge in [0.1, 0.15) is 0 Å². The molecule has 0 spiro atoms. The van der Waals surface area contributed by atoms with Crippen LogP contribution < -0.4 is 5.32 Å². The number of likely N-dealkylation sites (N-methyl/N-ethyl adjacent to an activating group) is 1. The molecule has 5 aliphatic rings. The van der Waals surface area contributed by atoms with Crippen LogP contribution in [0, 0.1) is 17.8 Å². The second-order valence-corrected chi connectivity index (χ2v) is 7.58. The Kier molecular flexibility index (Phi) is 2.75. The summed E-state index contributed by atoms with van der Waals surface area (Å²) < 4.78 is 0. The van der Waals surface area contributed by atoms with E-state index in [1.165, 1.54) is 43.4 Å². The van der Waals surface area contributed by atoms with E-state index in [0.29, 0.717) is 13.0 Å². The third kappa shape index (κ3) is 1.84. The zero-order valence-electron chi connectivity index (χ0n) is 12.2. The number of imide groups is 1. The van der Waals surface area contributed by atoms with Crippen LogP contribution in [0.25, 0.3) is 0 Å². The SMILES string of the molecule is CCN1C(=O)CC(NC23CC4CC(CC(C4)C2)C3)C1=O. The summed E-state index contributed by atoms with van der Waals surface area (Å²) in [6.45, 7) is 2.39. The maximum absolute atomic E-state index is 12.3. The molecule has 5 rings (SSSR count). The molecule has 4 heteroatoms. The molecule has 0 aromatic carbocycles. The first-order valence-electron chi connectivity index (χ1n) is 8.20. The monoisotopic (exact) mass is 276 g/mol. The zero-order chi connectivity index (χ0) is 13.9. The van der Waals surface area contributed by atoms with E-state index in [-0.39, 0.29) is 23.4 Å². The highest BCUT2D eigenvalue weighted by Crippen LogP contribution is 2.55. The topological polar surface area (TPSA) is 49.4 Å². The Labute approximate surface area is 120 Å². The third-order valence-corrected chi connectivity index (χ3v) is 6.08. The van der Waals surface area contributed by atoms with Crippen molar-refractivity contribution in [3.63, 3.8) is 0 Å². The highest BCUT2D eigenvalue weighted by atomic mass is 16.2. The quantitative estimate of drug-likeness (QED) is 0.798. The number of amides is 2. The van der Waals surface area contributed by atoms with E-state index in [9.17, 15) is 9.59 Å². The van der Waals surface area contributed by atoms with Gasteiger partial charge < -0.3 is 0 Å². The molecule has 1 saturated heterocycles. The molecule has 1 unspecified atom stereocenters. The van der Waals surface area contributed by atoms with Gasteiger partial charge in [0.2, 0.25) is 11.8 Å². The first-order valence-corrected chi connectivity index (χ1v) is 8.20. The number of likely N-dealkylation sites (tertiary alicyclic amines) is 1. The summed E-state index contributed by atoms with van der Waals surface area (Å²) in [4.78, 5) is 25.6. The van der Waals surface area contributed by atoms with Gasteiger partial charge in [-0.1, -0.05) is 0 Å². The summed E-state index contributed by atoms with van der Waals surface area (Å²) in [5.74, 6) is 2.60. The van der Waals surface area contributed by atoms with Gasteiger partial charge in [0.15, 0.2) is 0 Å². The molecule has 0 aromatic heterocycles. The summed E-state index contributed by atoms with van der Waals surface area (Å²) in [6.07, 6.45) is 8.25. The van der Waals surface area contributed by atoms with Gasteiger partial charge in [0.05, 0.1) is 12.5 Å². The Morgan fingerprint density at radius 2 is 1.65 bits per heavy atom. The van der Waals surface area contributed by atoms with Crippen LogP contribution in [0.1, 0.15) is 51.9 Å². The minimum Gasteiger partial charge on any atom is -0.300 e. The van der Waals surface area contributed by atoms with Crippen molar-refractivity contribution in [3.8, 4) is 0 Å². The van der Waals surface area contributed by atoms with E-state index >= 15 is 0 Å². The standard InChI is InChI=1S/C16H24N2O2/c1-2-18-14(19)6-13(15(18)20)17-16-7-10-3-11(8-16)5-12(4-10)9-16/h10-13,17H,2-9H2,1H3. The molecular weight excluding hydrogens is 252 g/mol. The fourth-order valence-corrected chi connectivity index (χ4v) is 5.79. The maximum Gasteiger partial charge on any atom is 0.246 e. The van der Waals surface area contributed by atoms with Gasteiger partial charge in [0.25, 0.3) is 0 Å². The van der Waals surface area contributed by atoms with Gasteiger partial charge in [-0.25, -0.2) is 0 Å². The zero-order valence-corrected chi connectivity index (χ0v) is 12.2. The lowest BCUT2D eigenvalue weighted by molar-refractivity contribution is -0.139. The summed E-state index contributed by atoms with van der Waals surface area (Å²) in [7, 11) is 0. The van der Waals surface area contributed by atoms with Gasteiger partial charge >= 0.3 is 0 Å².